The molecule has 0 bridgehead atoms. The maximum Gasteiger partial charge on any atom is 0.161 e. The number of halogens is 1. The molecular weight excluding hydrogens is 285 g/mol. The SMILES string of the molecule is COc1cc(C(C)=O)ccc1OCc1ccc(C#N)cc1F. The Kier molecular flexibility index (Phi) is 4.74. The Balaban J connectivity index is 2.18. The standard InChI is InChI=1S/C17H14FNO3/c1-11(20)13-5-6-16(17(8-13)21-2)22-10-14-4-3-12(9-19)7-15(14)18/h3-8H,10H2,1-2H3. The highest BCUT2D eigenvalue weighted by Crippen LogP contribution is 2.29. The largest absolute Gasteiger partial charge is 0.493 e. The lowest BCUT2D eigenvalue weighted by Gasteiger charge is -2.12. The molecule has 0 atom stereocenters. The zero-order valence-electron chi connectivity index (χ0n) is 12.2. The van der Waals surface area contributed by atoms with E-state index in [9.17, 15) is 9.18 Å². The van der Waals surface area contributed by atoms with Crippen LogP contribution in [0.2, 0.25) is 0 Å². The van der Waals surface area contributed by atoms with Crippen LogP contribution in [0.1, 0.15) is 28.4 Å². The van der Waals surface area contributed by atoms with Gasteiger partial charge in [-0.3, -0.25) is 4.79 Å². The number of methoxy groups -OCH3 is 1. The van der Waals surface area contributed by atoms with Gasteiger partial charge in [0.2, 0.25) is 0 Å². The predicted octanol–water partition coefficient (Wildman–Crippen LogP) is 3.49. The van der Waals surface area contributed by atoms with Gasteiger partial charge in [-0.2, -0.15) is 5.26 Å². The van der Waals surface area contributed by atoms with E-state index in [4.69, 9.17) is 14.7 Å². The normalized spacial score (nSPS) is 9.91. The molecule has 0 N–H and O–H groups in total. The first kappa shape index (κ1) is 15.5. The Morgan fingerprint density at radius 2 is 2.00 bits per heavy atom. The minimum Gasteiger partial charge on any atom is -0.493 e. The molecule has 2 rings (SSSR count). The van der Waals surface area contributed by atoms with Gasteiger partial charge < -0.3 is 9.47 Å². The van der Waals surface area contributed by atoms with Crippen molar-refractivity contribution in [1.29, 1.82) is 5.26 Å². The fourth-order valence-electron chi connectivity index (χ4n) is 1.90. The number of hydrogen-bond acceptors (Lipinski definition) is 4. The molecule has 0 fully saturated rings. The lowest BCUT2D eigenvalue weighted by Crippen LogP contribution is -2.01. The Bertz CT molecular complexity index is 750. The number of Topliss-reactive ketones (excluding diaryl/α,β-unsaturated/α-hetero) is 1. The Hall–Kier alpha value is -2.87. The monoisotopic (exact) mass is 299 g/mol. The number of carbonyl (C=O) groups excluding carboxylic acids is 1. The Labute approximate surface area is 127 Å². The van der Waals surface area contributed by atoms with Gasteiger partial charge in [0.05, 0.1) is 18.7 Å². The summed E-state index contributed by atoms with van der Waals surface area (Å²) in [5.74, 6) is 0.236. The highest BCUT2D eigenvalue weighted by molar-refractivity contribution is 5.94. The van der Waals surface area contributed by atoms with Crippen LogP contribution >= 0.6 is 0 Å². The van der Waals surface area contributed by atoms with Gasteiger partial charge in [-0.15, -0.1) is 0 Å². The molecule has 4 nitrogen and oxygen atoms in total. The van der Waals surface area contributed by atoms with E-state index in [1.54, 1.807) is 18.2 Å². The summed E-state index contributed by atoms with van der Waals surface area (Å²) in [6, 6.07) is 10.9. The maximum atomic E-state index is 13.8. The summed E-state index contributed by atoms with van der Waals surface area (Å²) in [5.41, 5.74) is 1.09. The highest BCUT2D eigenvalue weighted by Gasteiger charge is 2.10. The van der Waals surface area contributed by atoms with E-state index in [2.05, 4.69) is 0 Å². The molecule has 0 spiro atoms. The van der Waals surface area contributed by atoms with Crippen molar-refractivity contribution in [3.05, 3.63) is 58.9 Å². The van der Waals surface area contributed by atoms with Gasteiger partial charge in [0.25, 0.3) is 0 Å². The van der Waals surface area contributed by atoms with Crippen LogP contribution in [0.5, 0.6) is 11.5 Å². The van der Waals surface area contributed by atoms with Gasteiger partial charge in [0.15, 0.2) is 17.3 Å². The molecule has 0 unspecified atom stereocenters. The summed E-state index contributed by atoms with van der Waals surface area (Å²) in [7, 11) is 1.47. The van der Waals surface area contributed by atoms with Crippen LogP contribution in [0.4, 0.5) is 4.39 Å². The van der Waals surface area contributed by atoms with E-state index in [0.29, 0.717) is 22.6 Å². The van der Waals surface area contributed by atoms with E-state index < -0.39 is 5.82 Å². The third kappa shape index (κ3) is 3.41. The number of rotatable bonds is 5. The molecule has 0 aliphatic carbocycles. The molecule has 2 aromatic carbocycles. The first-order chi connectivity index (χ1) is 10.5. The van der Waals surface area contributed by atoms with Gasteiger partial charge in [-0.25, -0.2) is 4.39 Å². The summed E-state index contributed by atoms with van der Waals surface area (Å²) in [6.45, 7) is 1.45. The molecule has 0 aliphatic heterocycles. The fraction of sp³-hybridized carbons (Fsp3) is 0.176. The third-order valence-corrected chi connectivity index (χ3v) is 3.14. The maximum absolute atomic E-state index is 13.8. The molecule has 112 valence electrons. The topological polar surface area (TPSA) is 59.3 Å². The summed E-state index contributed by atoms with van der Waals surface area (Å²) in [5, 5.41) is 8.71. The molecule has 0 saturated carbocycles. The third-order valence-electron chi connectivity index (χ3n) is 3.14. The second kappa shape index (κ2) is 6.72. The zero-order chi connectivity index (χ0) is 16.1. The minimum atomic E-state index is -0.502. The highest BCUT2D eigenvalue weighted by atomic mass is 19.1. The number of ether oxygens (including phenoxy) is 2. The fourth-order valence-corrected chi connectivity index (χ4v) is 1.90. The van der Waals surface area contributed by atoms with Crippen molar-refractivity contribution in [3.63, 3.8) is 0 Å². The molecular formula is C17H14FNO3. The zero-order valence-corrected chi connectivity index (χ0v) is 12.2. The lowest BCUT2D eigenvalue weighted by atomic mass is 10.1. The van der Waals surface area contributed by atoms with E-state index >= 15 is 0 Å². The molecule has 0 heterocycles. The second-order valence-corrected chi connectivity index (χ2v) is 4.63. The molecule has 0 radical (unpaired) electrons. The van der Waals surface area contributed by atoms with Gasteiger partial charge in [-0.05, 0) is 37.3 Å². The van der Waals surface area contributed by atoms with Crippen LogP contribution in [0.25, 0.3) is 0 Å². The molecule has 0 amide bonds. The number of ketones is 1. The number of nitrogens with zero attached hydrogens (tertiary/aromatic N) is 1. The second-order valence-electron chi connectivity index (χ2n) is 4.63. The first-order valence-electron chi connectivity index (χ1n) is 6.55. The van der Waals surface area contributed by atoms with Gasteiger partial charge in [-0.1, -0.05) is 6.07 Å². The molecule has 22 heavy (non-hydrogen) atoms. The summed E-state index contributed by atoms with van der Waals surface area (Å²) >= 11 is 0. The average molecular weight is 299 g/mol. The number of carbonyl (C=O) groups is 1. The number of nitriles is 1. The van der Waals surface area contributed by atoms with Crippen molar-refractivity contribution in [1.82, 2.24) is 0 Å². The van der Waals surface area contributed by atoms with E-state index in [-0.39, 0.29) is 18.0 Å². The van der Waals surface area contributed by atoms with Crippen molar-refractivity contribution in [3.8, 4) is 17.6 Å². The lowest BCUT2D eigenvalue weighted by molar-refractivity contribution is 0.101. The Morgan fingerprint density at radius 1 is 1.23 bits per heavy atom. The number of hydrogen-bond donors (Lipinski definition) is 0. The summed E-state index contributed by atoms with van der Waals surface area (Å²) < 4.78 is 24.5. The summed E-state index contributed by atoms with van der Waals surface area (Å²) in [4.78, 5) is 11.3. The predicted molar refractivity (Wildman–Crippen MR) is 78.4 cm³/mol. The molecule has 2 aromatic rings. The Morgan fingerprint density at radius 3 is 2.59 bits per heavy atom. The van der Waals surface area contributed by atoms with Crippen molar-refractivity contribution in [2.75, 3.05) is 7.11 Å². The van der Waals surface area contributed by atoms with Crippen LogP contribution in [-0.2, 0) is 6.61 Å². The number of benzene rings is 2. The average Bonchev–Trinajstić information content (AvgIpc) is 2.53. The molecule has 0 aromatic heterocycles. The van der Waals surface area contributed by atoms with Gasteiger partial charge in [0.1, 0.15) is 12.4 Å². The van der Waals surface area contributed by atoms with E-state index in [1.165, 1.54) is 26.2 Å². The van der Waals surface area contributed by atoms with Crippen LogP contribution in [0.15, 0.2) is 36.4 Å². The van der Waals surface area contributed by atoms with Crippen LogP contribution in [-0.4, -0.2) is 12.9 Å². The van der Waals surface area contributed by atoms with Crippen LogP contribution in [0, 0.1) is 17.1 Å². The molecule has 0 saturated heterocycles. The van der Waals surface area contributed by atoms with Crippen molar-refractivity contribution < 1.29 is 18.7 Å². The van der Waals surface area contributed by atoms with Gasteiger partial charge >= 0.3 is 0 Å². The molecule has 0 aliphatic rings. The van der Waals surface area contributed by atoms with Gasteiger partial charge in [0, 0.05) is 11.1 Å². The van der Waals surface area contributed by atoms with Crippen molar-refractivity contribution in [2.24, 2.45) is 0 Å². The quantitative estimate of drug-likeness (QED) is 0.793. The van der Waals surface area contributed by atoms with Crippen LogP contribution in [0.3, 0.4) is 0 Å². The van der Waals surface area contributed by atoms with Crippen molar-refractivity contribution in [2.45, 2.75) is 13.5 Å². The van der Waals surface area contributed by atoms with Crippen LogP contribution < -0.4 is 9.47 Å². The smallest absolute Gasteiger partial charge is 0.161 e. The van der Waals surface area contributed by atoms with E-state index in [1.807, 2.05) is 6.07 Å². The summed E-state index contributed by atoms with van der Waals surface area (Å²) in [6.07, 6.45) is 0. The molecule has 5 heteroatoms. The first-order valence-corrected chi connectivity index (χ1v) is 6.55. The minimum absolute atomic E-state index is 0.00663. The van der Waals surface area contributed by atoms with E-state index in [0.717, 1.165) is 6.07 Å². The van der Waals surface area contributed by atoms with Crippen molar-refractivity contribution >= 4 is 5.78 Å².